The van der Waals surface area contributed by atoms with Crippen LogP contribution in [0.5, 0.6) is 0 Å². The second-order valence-corrected chi connectivity index (χ2v) is 17.2. The van der Waals surface area contributed by atoms with Crippen molar-refractivity contribution in [3.8, 4) is 5.69 Å². The molecule has 43 heavy (non-hydrogen) atoms. The molecule has 6 aromatic rings. The number of anilines is 3. The van der Waals surface area contributed by atoms with Crippen LogP contribution in [0.4, 0.5) is 17.1 Å². The van der Waals surface area contributed by atoms with E-state index in [1.54, 1.807) is 0 Å². The van der Waals surface area contributed by atoms with Crippen molar-refractivity contribution in [2.45, 2.75) is 39.3 Å². The van der Waals surface area contributed by atoms with E-state index in [2.05, 4.69) is 165 Å². The Morgan fingerprint density at radius 2 is 1.44 bits per heavy atom. The van der Waals surface area contributed by atoms with Crippen LogP contribution in [-0.4, -0.2) is 19.7 Å². The second-order valence-electron chi connectivity index (χ2n) is 12.9. The summed E-state index contributed by atoms with van der Waals surface area (Å²) in [6.07, 6.45) is 0. The molecule has 0 N–H and O–H groups in total. The van der Waals surface area contributed by atoms with Gasteiger partial charge in [-0.05, 0) is 36.0 Å². The van der Waals surface area contributed by atoms with Gasteiger partial charge in [-0.1, -0.05) is 75.4 Å². The molecule has 7 rings (SSSR count). The van der Waals surface area contributed by atoms with Gasteiger partial charge in [0, 0.05) is 16.9 Å². The topological polar surface area (TPSA) is 11.4 Å². The van der Waals surface area contributed by atoms with E-state index in [0.29, 0.717) is 0 Å². The molecule has 0 bridgehead atoms. The van der Waals surface area contributed by atoms with Gasteiger partial charge >= 0.3 is 21.1 Å². The standard InChI is InChI=1S/C38H35N3Si.Pt/c1-38(2,3)27-22-29(40-26-39(4)36-18-12-13-19-37(36)40)24-31(23-27)42(5,6)30-20-21-35-33(25-30)32-16-10-11-17-34(32)41(35)28-14-8-7-9-15-28;/h7-14,16-19,21-23,25-26H,1-6H3;/q-4;+4. The van der Waals surface area contributed by atoms with E-state index in [9.17, 15) is 0 Å². The van der Waals surface area contributed by atoms with E-state index in [1.165, 1.54) is 43.6 Å². The van der Waals surface area contributed by atoms with Gasteiger partial charge in [-0.2, -0.15) is 77.2 Å². The van der Waals surface area contributed by atoms with Crippen LogP contribution in [0.2, 0.25) is 13.1 Å². The Bertz CT molecular complexity index is 1950. The molecule has 5 heteroatoms. The van der Waals surface area contributed by atoms with Gasteiger partial charge in [-0.15, -0.1) is 23.2 Å². The van der Waals surface area contributed by atoms with Gasteiger partial charge in [-0.25, -0.2) is 0 Å². The Kier molecular flexibility index (Phi) is 7.43. The SMILES string of the molecule is CN1[CH-]N(c2[c-]c([Si](C)(C)c3[c-]cc4c(c3)c3ccccc3n4-c3[c-]cccc3)cc(C(C)(C)C)c2)c2ccccc21.[Pt+4]. The number of nitrogens with zero attached hydrogens (tertiary/aromatic N) is 3. The summed E-state index contributed by atoms with van der Waals surface area (Å²) in [5, 5.41) is 5.09. The van der Waals surface area contributed by atoms with Gasteiger partial charge < -0.3 is 14.4 Å². The third-order valence-corrected chi connectivity index (χ3v) is 11.9. The minimum atomic E-state index is -2.21. The predicted molar refractivity (Wildman–Crippen MR) is 180 cm³/mol. The average molecular weight is 757 g/mol. The van der Waals surface area contributed by atoms with Crippen LogP contribution in [0, 0.1) is 24.9 Å². The fourth-order valence-corrected chi connectivity index (χ4v) is 8.29. The number of benzene rings is 5. The molecule has 0 atom stereocenters. The minimum Gasteiger partial charge on any atom is -0.504 e. The fraction of sp³-hybridized carbons (Fsp3) is 0.184. The molecule has 1 aromatic heterocycles. The molecule has 5 aromatic carbocycles. The van der Waals surface area contributed by atoms with E-state index < -0.39 is 8.07 Å². The first-order chi connectivity index (χ1) is 20.1. The van der Waals surface area contributed by atoms with Crippen molar-refractivity contribution in [1.29, 1.82) is 0 Å². The van der Waals surface area contributed by atoms with Crippen molar-refractivity contribution >= 4 is 57.3 Å². The smallest absolute Gasteiger partial charge is 0.504 e. The minimum absolute atomic E-state index is 0. The third kappa shape index (κ3) is 4.95. The predicted octanol–water partition coefficient (Wildman–Crippen LogP) is 8.01. The van der Waals surface area contributed by atoms with E-state index in [4.69, 9.17) is 0 Å². The zero-order valence-corrected chi connectivity index (χ0v) is 28.7. The van der Waals surface area contributed by atoms with Crippen molar-refractivity contribution in [1.82, 2.24) is 4.57 Å². The molecule has 216 valence electrons. The summed E-state index contributed by atoms with van der Waals surface area (Å²) in [5.41, 5.74) is 8.20. The monoisotopic (exact) mass is 756 g/mol. The first kappa shape index (κ1) is 29.5. The van der Waals surface area contributed by atoms with Gasteiger partial charge in [0.15, 0.2) is 0 Å². The molecular weight excluding hydrogens is 722 g/mol. The Labute approximate surface area is 271 Å². The van der Waals surface area contributed by atoms with Crippen LogP contribution in [-0.2, 0) is 26.5 Å². The van der Waals surface area contributed by atoms with Crippen molar-refractivity contribution in [2.24, 2.45) is 0 Å². The van der Waals surface area contributed by atoms with Crippen LogP contribution in [0.25, 0.3) is 27.5 Å². The van der Waals surface area contributed by atoms with Crippen molar-refractivity contribution < 1.29 is 21.1 Å². The Morgan fingerprint density at radius 1 is 0.721 bits per heavy atom. The van der Waals surface area contributed by atoms with Crippen molar-refractivity contribution in [3.05, 3.63) is 127 Å². The normalized spacial score (nSPS) is 13.4. The molecule has 3 nitrogen and oxygen atoms in total. The van der Waals surface area contributed by atoms with Gasteiger partial charge in [0.25, 0.3) is 0 Å². The summed E-state index contributed by atoms with van der Waals surface area (Å²) in [4.78, 5) is 4.48. The van der Waals surface area contributed by atoms with Gasteiger partial charge in [0.1, 0.15) is 0 Å². The van der Waals surface area contributed by atoms with Crippen LogP contribution in [0.1, 0.15) is 26.3 Å². The van der Waals surface area contributed by atoms with Gasteiger partial charge in [0.05, 0.1) is 8.07 Å². The first-order valence-electron chi connectivity index (χ1n) is 14.6. The summed E-state index contributed by atoms with van der Waals surface area (Å²) in [6, 6.07) is 45.9. The number of aromatic nitrogens is 1. The average Bonchev–Trinajstić information content (AvgIpc) is 3.51. The molecule has 1 aliphatic heterocycles. The maximum atomic E-state index is 3.91. The molecule has 0 fully saturated rings. The Morgan fingerprint density at radius 3 is 2.19 bits per heavy atom. The molecular formula is C38H35N3PtSi. The Balaban J connectivity index is 0.00000329. The molecule has 0 amide bonds. The second kappa shape index (κ2) is 10.8. The van der Waals surface area contributed by atoms with Crippen LogP contribution in [0.15, 0.2) is 97.1 Å². The molecule has 0 radical (unpaired) electrons. The fourth-order valence-electron chi connectivity index (χ4n) is 6.11. The third-order valence-electron chi connectivity index (χ3n) is 8.68. The van der Waals surface area contributed by atoms with Crippen LogP contribution in [0.3, 0.4) is 0 Å². The summed E-state index contributed by atoms with van der Waals surface area (Å²) >= 11 is 0. The summed E-state index contributed by atoms with van der Waals surface area (Å²) in [6.45, 7) is 13.9. The molecule has 0 unspecified atom stereocenters. The molecule has 0 saturated heterocycles. The first-order valence-corrected chi connectivity index (χ1v) is 17.6. The summed E-state index contributed by atoms with van der Waals surface area (Å²) < 4.78 is 2.31. The van der Waals surface area contributed by atoms with E-state index in [0.717, 1.165) is 16.9 Å². The van der Waals surface area contributed by atoms with E-state index >= 15 is 0 Å². The molecule has 0 saturated carbocycles. The largest absolute Gasteiger partial charge is 4.00 e. The zero-order valence-electron chi connectivity index (χ0n) is 25.5. The summed E-state index contributed by atoms with van der Waals surface area (Å²) in [5.74, 6) is 0. The van der Waals surface area contributed by atoms with Crippen LogP contribution >= 0.6 is 0 Å². The number of hydrogen-bond donors (Lipinski definition) is 0. The van der Waals surface area contributed by atoms with E-state index in [1.807, 2.05) is 12.1 Å². The van der Waals surface area contributed by atoms with Gasteiger partial charge in [0.2, 0.25) is 0 Å². The van der Waals surface area contributed by atoms with Crippen molar-refractivity contribution in [3.63, 3.8) is 0 Å². The molecule has 0 aliphatic carbocycles. The number of para-hydroxylation sites is 4. The Hall–Kier alpha value is -3.59. The van der Waals surface area contributed by atoms with E-state index in [-0.39, 0.29) is 26.5 Å². The van der Waals surface area contributed by atoms with Gasteiger partial charge in [-0.3, -0.25) is 0 Å². The number of rotatable bonds is 4. The molecule has 2 heterocycles. The maximum Gasteiger partial charge on any atom is 4.00 e. The molecule has 0 spiro atoms. The number of hydrogen-bond acceptors (Lipinski definition) is 2. The number of fused-ring (bicyclic) bond motifs is 4. The summed E-state index contributed by atoms with van der Waals surface area (Å²) in [7, 11) is -0.103. The van der Waals surface area contributed by atoms with Crippen molar-refractivity contribution in [2.75, 3.05) is 16.8 Å². The quantitative estimate of drug-likeness (QED) is 0.134. The molecule has 1 aliphatic rings. The maximum absolute atomic E-state index is 3.91. The zero-order chi connectivity index (χ0) is 29.2. The van der Waals surface area contributed by atoms with Crippen LogP contribution < -0.4 is 20.2 Å².